The number of hydrogen-bond donors (Lipinski definition) is 2. The SMILES string of the molecule is O=C(O)C[N+](CC(=O)O)(CC(=O)c1cccs1)C(=O)OCc1ccccc1. The van der Waals surface area contributed by atoms with Crippen LogP contribution in [0.5, 0.6) is 0 Å². The Bertz CT molecular complexity index is 802. The molecule has 0 fully saturated rings. The molecule has 0 radical (unpaired) electrons. The Morgan fingerprint density at radius 2 is 1.52 bits per heavy atom. The summed E-state index contributed by atoms with van der Waals surface area (Å²) in [6.45, 7) is -2.53. The van der Waals surface area contributed by atoms with E-state index >= 15 is 0 Å². The molecule has 2 rings (SSSR count). The number of carboxylic acids is 2. The standard InChI is InChI=1S/C18H17NO7S/c20-14(15-7-4-8-27-15)9-19(10-16(21)22,11-17(23)24)18(25)26-12-13-5-2-1-3-6-13/h1-8H,9-12H2,(H-,21,22,23,24)/p+1. The van der Waals surface area contributed by atoms with E-state index < -0.39 is 47.9 Å². The van der Waals surface area contributed by atoms with Crippen LogP contribution < -0.4 is 0 Å². The first kappa shape index (κ1) is 20.3. The number of ketones is 1. The van der Waals surface area contributed by atoms with Gasteiger partial charge >= 0.3 is 18.0 Å². The van der Waals surface area contributed by atoms with E-state index in [1.165, 1.54) is 6.07 Å². The van der Waals surface area contributed by atoms with Crippen molar-refractivity contribution in [3.8, 4) is 0 Å². The van der Waals surface area contributed by atoms with Crippen LogP contribution in [-0.2, 0) is 20.9 Å². The van der Waals surface area contributed by atoms with Gasteiger partial charge in [0.25, 0.3) is 0 Å². The summed E-state index contributed by atoms with van der Waals surface area (Å²) in [5.41, 5.74) is 0.652. The van der Waals surface area contributed by atoms with Gasteiger partial charge in [-0.3, -0.25) is 4.79 Å². The van der Waals surface area contributed by atoms with Crippen LogP contribution in [0.1, 0.15) is 15.2 Å². The Kier molecular flexibility index (Phi) is 6.80. The molecule has 0 bridgehead atoms. The number of carbonyl (C=O) groups excluding carboxylic acids is 2. The van der Waals surface area contributed by atoms with Gasteiger partial charge in [0.2, 0.25) is 5.78 Å². The summed E-state index contributed by atoms with van der Waals surface area (Å²) in [6, 6.07) is 11.8. The van der Waals surface area contributed by atoms with Crippen LogP contribution in [0, 0.1) is 0 Å². The second-order valence-electron chi connectivity index (χ2n) is 5.85. The molecular formula is C18H18NO7S+. The lowest BCUT2D eigenvalue weighted by molar-refractivity contribution is -0.835. The second kappa shape index (κ2) is 9.06. The van der Waals surface area contributed by atoms with Gasteiger partial charge in [-0.1, -0.05) is 36.4 Å². The van der Waals surface area contributed by atoms with E-state index in [1.807, 2.05) is 0 Å². The van der Waals surface area contributed by atoms with Crippen molar-refractivity contribution < 1.29 is 38.6 Å². The average Bonchev–Trinajstić information content (AvgIpc) is 3.14. The van der Waals surface area contributed by atoms with Crippen LogP contribution in [0.4, 0.5) is 4.79 Å². The highest BCUT2D eigenvalue weighted by atomic mass is 32.1. The number of ether oxygens (including phenoxy) is 1. The van der Waals surface area contributed by atoms with Crippen molar-refractivity contribution in [1.29, 1.82) is 0 Å². The Hall–Kier alpha value is -3.04. The van der Waals surface area contributed by atoms with E-state index in [9.17, 15) is 29.4 Å². The van der Waals surface area contributed by atoms with Crippen molar-refractivity contribution in [1.82, 2.24) is 0 Å². The Morgan fingerprint density at radius 3 is 2.04 bits per heavy atom. The molecule has 0 aliphatic rings. The van der Waals surface area contributed by atoms with Gasteiger partial charge in [-0.25, -0.2) is 9.59 Å². The van der Waals surface area contributed by atoms with Gasteiger partial charge in [0.1, 0.15) is 6.61 Å². The monoisotopic (exact) mass is 392 g/mol. The lowest BCUT2D eigenvalue weighted by atomic mass is 10.2. The molecule has 2 N–H and O–H groups in total. The maximum atomic E-state index is 12.7. The minimum absolute atomic E-state index is 0.161. The van der Waals surface area contributed by atoms with Crippen molar-refractivity contribution in [3.05, 3.63) is 58.3 Å². The summed E-state index contributed by atoms with van der Waals surface area (Å²) in [6.07, 6.45) is -1.08. The number of thiophene rings is 1. The van der Waals surface area contributed by atoms with Gasteiger partial charge in [0.05, 0.1) is 4.88 Å². The van der Waals surface area contributed by atoms with Crippen LogP contribution in [-0.4, -0.2) is 58.1 Å². The molecule has 27 heavy (non-hydrogen) atoms. The number of aliphatic carboxylic acids is 2. The largest absolute Gasteiger partial charge is 0.517 e. The molecule has 0 saturated carbocycles. The third-order valence-electron chi connectivity index (χ3n) is 3.71. The number of rotatable bonds is 9. The highest BCUT2D eigenvalue weighted by Crippen LogP contribution is 2.17. The summed E-state index contributed by atoms with van der Waals surface area (Å²) in [5, 5.41) is 20.1. The number of hydrogen-bond acceptors (Lipinski definition) is 6. The molecule has 0 aliphatic heterocycles. The molecule has 0 aliphatic carbocycles. The number of carbonyl (C=O) groups is 4. The summed E-state index contributed by atoms with van der Waals surface area (Å²) in [4.78, 5) is 48.1. The van der Waals surface area contributed by atoms with E-state index in [4.69, 9.17) is 4.74 Å². The molecule has 0 unspecified atom stereocenters. The molecule has 1 heterocycles. The lowest BCUT2D eigenvalue weighted by Gasteiger charge is -2.30. The average molecular weight is 392 g/mol. The molecule has 2 aromatic rings. The van der Waals surface area contributed by atoms with Crippen LogP contribution in [0.3, 0.4) is 0 Å². The van der Waals surface area contributed by atoms with Gasteiger partial charge in [0, 0.05) is 0 Å². The van der Waals surface area contributed by atoms with Crippen molar-refractivity contribution in [2.45, 2.75) is 6.61 Å². The van der Waals surface area contributed by atoms with Gasteiger partial charge in [0.15, 0.2) is 19.6 Å². The molecule has 9 heteroatoms. The van der Waals surface area contributed by atoms with Gasteiger partial charge in [-0.2, -0.15) is 9.28 Å². The zero-order valence-corrected chi connectivity index (χ0v) is 15.1. The van der Waals surface area contributed by atoms with Crippen LogP contribution in [0.25, 0.3) is 0 Å². The van der Waals surface area contributed by atoms with Gasteiger partial charge in [-0.05, 0) is 17.0 Å². The quantitative estimate of drug-likeness (QED) is 0.496. The van der Waals surface area contributed by atoms with Crippen LogP contribution in [0.2, 0.25) is 0 Å². The minimum Gasteiger partial charge on any atom is -0.477 e. The van der Waals surface area contributed by atoms with Crippen LogP contribution >= 0.6 is 11.3 Å². The predicted octanol–water partition coefficient (Wildman–Crippen LogP) is 2.25. The van der Waals surface area contributed by atoms with E-state index in [0.29, 0.717) is 10.4 Å². The second-order valence-corrected chi connectivity index (χ2v) is 6.80. The van der Waals surface area contributed by atoms with Crippen LogP contribution in [0.15, 0.2) is 47.8 Å². The first-order valence-electron chi connectivity index (χ1n) is 7.90. The van der Waals surface area contributed by atoms with E-state index in [-0.39, 0.29) is 6.61 Å². The van der Waals surface area contributed by atoms with Crippen molar-refractivity contribution in [2.24, 2.45) is 0 Å². The Labute approximate surface area is 158 Å². The molecule has 1 aromatic carbocycles. The predicted molar refractivity (Wildman–Crippen MR) is 95.4 cm³/mol. The number of carboxylic acid groups (broad SMARTS) is 2. The number of quaternary nitrogens is 1. The molecular weight excluding hydrogens is 374 g/mol. The minimum atomic E-state index is -1.41. The van der Waals surface area contributed by atoms with Crippen molar-refractivity contribution in [2.75, 3.05) is 19.6 Å². The van der Waals surface area contributed by atoms with Crippen molar-refractivity contribution in [3.63, 3.8) is 0 Å². The zero-order valence-electron chi connectivity index (χ0n) is 14.2. The van der Waals surface area contributed by atoms with Crippen molar-refractivity contribution >= 4 is 35.2 Å². The molecule has 8 nitrogen and oxygen atoms in total. The molecule has 1 aromatic heterocycles. The highest BCUT2D eigenvalue weighted by Gasteiger charge is 2.45. The van der Waals surface area contributed by atoms with Gasteiger partial charge in [-0.15, -0.1) is 11.3 Å². The van der Waals surface area contributed by atoms with E-state index in [1.54, 1.807) is 41.8 Å². The van der Waals surface area contributed by atoms with Gasteiger partial charge < -0.3 is 14.9 Å². The number of nitrogens with zero attached hydrogens (tertiary/aromatic N) is 1. The third-order valence-corrected chi connectivity index (χ3v) is 4.62. The molecule has 0 spiro atoms. The third kappa shape index (κ3) is 5.73. The fourth-order valence-electron chi connectivity index (χ4n) is 2.53. The van der Waals surface area contributed by atoms with E-state index in [2.05, 4.69) is 0 Å². The molecule has 0 saturated heterocycles. The number of amides is 1. The smallest absolute Gasteiger partial charge is 0.477 e. The fourth-order valence-corrected chi connectivity index (χ4v) is 3.18. The van der Waals surface area contributed by atoms with E-state index in [0.717, 1.165) is 11.3 Å². The molecule has 1 amide bonds. The summed E-state index contributed by atoms with van der Waals surface area (Å²) >= 11 is 1.12. The highest BCUT2D eigenvalue weighted by molar-refractivity contribution is 7.12. The zero-order chi connectivity index (χ0) is 19.9. The topological polar surface area (TPSA) is 118 Å². The first-order valence-corrected chi connectivity index (χ1v) is 8.78. The summed E-state index contributed by atoms with van der Waals surface area (Å²) in [5.74, 6) is -3.34. The lowest BCUT2D eigenvalue weighted by Crippen LogP contribution is -2.60. The summed E-state index contributed by atoms with van der Waals surface area (Å²) < 4.78 is 4.01. The summed E-state index contributed by atoms with van der Waals surface area (Å²) in [7, 11) is 0. The maximum absolute atomic E-state index is 12.7. The number of benzene rings is 1. The molecule has 142 valence electrons. The fraction of sp³-hybridized carbons (Fsp3) is 0.222. The number of Topliss-reactive ketones (excluding diaryl/α,β-unsaturated/α-hetero) is 1. The maximum Gasteiger partial charge on any atom is 0.517 e. The Morgan fingerprint density at radius 1 is 0.889 bits per heavy atom. The Balaban J connectivity index is 2.27. The molecule has 0 atom stereocenters. The normalized spacial score (nSPS) is 11.0. The first-order chi connectivity index (χ1) is 12.8.